The van der Waals surface area contributed by atoms with E-state index in [0.717, 1.165) is 0 Å². The molecule has 0 aromatic carbocycles. The molecule has 0 fully saturated rings. The van der Waals surface area contributed by atoms with E-state index in [0.29, 0.717) is 0 Å². The van der Waals surface area contributed by atoms with Crippen molar-refractivity contribution in [3.63, 3.8) is 0 Å². The second-order valence-electron chi connectivity index (χ2n) is 4.02. The first-order chi connectivity index (χ1) is 8.42. The van der Waals surface area contributed by atoms with Gasteiger partial charge in [-0.2, -0.15) is 0 Å². The Labute approximate surface area is 106 Å². The van der Waals surface area contributed by atoms with Gasteiger partial charge in [-0.25, -0.2) is 0 Å². The Kier molecular flexibility index (Phi) is 7.69. The molecule has 0 rings (SSSR count). The van der Waals surface area contributed by atoms with Crippen molar-refractivity contribution in [2.45, 2.75) is 26.8 Å². The number of rotatable bonds is 7. The highest BCUT2D eigenvalue weighted by atomic mass is 16.5. The highest BCUT2D eigenvalue weighted by molar-refractivity contribution is 5.90. The fourth-order valence-electron chi connectivity index (χ4n) is 1.25. The van der Waals surface area contributed by atoms with E-state index in [4.69, 9.17) is 5.73 Å². The molecule has 7 heteroatoms. The smallest absolute Gasteiger partial charge is 0.325 e. The molecule has 0 heterocycles. The zero-order valence-electron chi connectivity index (χ0n) is 11.0. The van der Waals surface area contributed by atoms with Gasteiger partial charge in [0.25, 0.3) is 0 Å². The molecule has 18 heavy (non-hydrogen) atoms. The summed E-state index contributed by atoms with van der Waals surface area (Å²) in [5.41, 5.74) is 5.16. The summed E-state index contributed by atoms with van der Waals surface area (Å²) >= 11 is 0. The number of nitrogens with two attached hydrogens (primary N) is 1. The minimum Gasteiger partial charge on any atom is -0.465 e. The van der Waals surface area contributed by atoms with Crippen molar-refractivity contribution in [1.29, 1.82) is 0 Å². The summed E-state index contributed by atoms with van der Waals surface area (Å²) in [6.07, 6.45) is 0. The van der Waals surface area contributed by atoms with E-state index in [1.807, 2.05) is 0 Å². The van der Waals surface area contributed by atoms with Crippen LogP contribution in [0.1, 0.15) is 20.8 Å². The Morgan fingerprint density at radius 2 is 1.89 bits per heavy atom. The third kappa shape index (κ3) is 6.19. The Balaban J connectivity index is 4.31. The molecule has 0 aromatic rings. The average Bonchev–Trinajstić information content (AvgIpc) is 2.32. The van der Waals surface area contributed by atoms with Crippen LogP contribution >= 0.6 is 0 Å². The maximum absolute atomic E-state index is 11.8. The van der Waals surface area contributed by atoms with E-state index < -0.39 is 23.8 Å². The molecular weight excluding hydrogens is 238 g/mol. The van der Waals surface area contributed by atoms with E-state index in [1.54, 1.807) is 20.8 Å². The second-order valence-corrected chi connectivity index (χ2v) is 4.02. The normalized spacial score (nSPS) is 11.8. The van der Waals surface area contributed by atoms with Crippen LogP contribution in [0.15, 0.2) is 0 Å². The van der Waals surface area contributed by atoms with Gasteiger partial charge in [-0.05, 0) is 12.8 Å². The van der Waals surface area contributed by atoms with E-state index in [2.05, 4.69) is 15.4 Å². The lowest BCUT2D eigenvalue weighted by molar-refractivity contribution is -0.143. The fraction of sp³-hybridized carbons (Fsp3) is 0.727. The van der Waals surface area contributed by atoms with E-state index >= 15 is 0 Å². The van der Waals surface area contributed by atoms with Crippen molar-refractivity contribution in [3.8, 4) is 0 Å². The molecule has 4 N–H and O–H groups in total. The zero-order chi connectivity index (χ0) is 14.1. The summed E-state index contributed by atoms with van der Waals surface area (Å²) in [4.78, 5) is 34.0. The van der Waals surface area contributed by atoms with Crippen LogP contribution < -0.4 is 16.4 Å². The van der Waals surface area contributed by atoms with E-state index in [9.17, 15) is 14.4 Å². The Morgan fingerprint density at radius 1 is 1.28 bits per heavy atom. The number of hydrogen-bond acceptors (Lipinski definition) is 5. The van der Waals surface area contributed by atoms with Crippen LogP contribution in [0.4, 0.5) is 0 Å². The molecule has 0 aliphatic carbocycles. The van der Waals surface area contributed by atoms with Crippen molar-refractivity contribution in [2.75, 3.05) is 19.7 Å². The third-order valence-corrected chi connectivity index (χ3v) is 2.16. The summed E-state index contributed by atoms with van der Waals surface area (Å²) in [6.45, 7) is 5.10. The van der Waals surface area contributed by atoms with Crippen molar-refractivity contribution in [3.05, 3.63) is 0 Å². The summed E-state index contributed by atoms with van der Waals surface area (Å²) in [6, 6.07) is -0.713. The minimum absolute atomic E-state index is 0.109. The summed E-state index contributed by atoms with van der Waals surface area (Å²) in [5, 5.41) is 4.90. The largest absolute Gasteiger partial charge is 0.465 e. The molecule has 1 atom stereocenters. The molecule has 7 nitrogen and oxygen atoms in total. The van der Waals surface area contributed by atoms with Crippen molar-refractivity contribution in [2.24, 2.45) is 11.7 Å². The standard InChI is InChI=1S/C11H21N3O4/c1-4-18-9(16)6-13-11(17)10(7(2)3)14-8(15)5-12/h7,10H,4-6,12H2,1-3H3,(H,13,17)(H,14,15)/t10-/m0/s1. The number of amides is 2. The molecule has 2 amide bonds. The van der Waals surface area contributed by atoms with Gasteiger partial charge in [0, 0.05) is 0 Å². The second kappa shape index (κ2) is 8.46. The van der Waals surface area contributed by atoms with Gasteiger partial charge in [-0.1, -0.05) is 13.8 Å². The van der Waals surface area contributed by atoms with Gasteiger partial charge >= 0.3 is 5.97 Å². The van der Waals surface area contributed by atoms with Gasteiger partial charge in [0.1, 0.15) is 12.6 Å². The van der Waals surface area contributed by atoms with Crippen LogP contribution in [-0.2, 0) is 19.1 Å². The molecule has 0 saturated carbocycles. The van der Waals surface area contributed by atoms with Crippen LogP contribution in [0.25, 0.3) is 0 Å². The van der Waals surface area contributed by atoms with Crippen LogP contribution in [0.5, 0.6) is 0 Å². The lowest BCUT2D eigenvalue weighted by Crippen LogP contribution is -2.52. The quantitative estimate of drug-likeness (QED) is 0.496. The number of carbonyl (C=O) groups excluding carboxylic acids is 3. The predicted octanol–water partition coefficient (Wildman–Crippen LogP) is -1.23. The molecule has 0 aliphatic heterocycles. The molecule has 0 saturated heterocycles. The van der Waals surface area contributed by atoms with Crippen LogP contribution in [0.2, 0.25) is 0 Å². The summed E-state index contributed by atoms with van der Waals surface area (Å²) < 4.78 is 4.67. The van der Waals surface area contributed by atoms with Crippen molar-refractivity contribution in [1.82, 2.24) is 10.6 Å². The van der Waals surface area contributed by atoms with E-state index in [1.165, 1.54) is 0 Å². The first-order valence-electron chi connectivity index (χ1n) is 5.85. The molecule has 0 aromatic heterocycles. The fourth-order valence-corrected chi connectivity index (χ4v) is 1.25. The van der Waals surface area contributed by atoms with Crippen LogP contribution in [0, 0.1) is 5.92 Å². The van der Waals surface area contributed by atoms with Gasteiger partial charge in [-0.15, -0.1) is 0 Å². The maximum atomic E-state index is 11.8. The molecule has 0 unspecified atom stereocenters. The SMILES string of the molecule is CCOC(=O)CNC(=O)[C@@H](NC(=O)CN)C(C)C. The third-order valence-electron chi connectivity index (χ3n) is 2.16. The maximum Gasteiger partial charge on any atom is 0.325 e. The monoisotopic (exact) mass is 259 g/mol. The number of carbonyl (C=O) groups is 3. The highest BCUT2D eigenvalue weighted by Crippen LogP contribution is 2.01. The number of nitrogens with one attached hydrogen (secondary N) is 2. The average molecular weight is 259 g/mol. The first kappa shape index (κ1) is 16.4. The van der Waals surface area contributed by atoms with Crippen LogP contribution in [-0.4, -0.2) is 43.5 Å². The number of esters is 1. The molecule has 0 radical (unpaired) electrons. The van der Waals surface area contributed by atoms with Crippen LogP contribution in [0.3, 0.4) is 0 Å². The lowest BCUT2D eigenvalue weighted by Gasteiger charge is -2.21. The highest BCUT2D eigenvalue weighted by Gasteiger charge is 2.23. The first-order valence-corrected chi connectivity index (χ1v) is 5.85. The Morgan fingerprint density at radius 3 is 2.33 bits per heavy atom. The van der Waals surface area contributed by atoms with E-state index in [-0.39, 0.29) is 25.6 Å². The molecular formula is C11H21N3O4. The van der Waals surface area contributed by atoms with Gasteiger partial charge in [0.15, 0.2) is 0 Å². The van der Waals surface area contributed by atoms with Gasteiger partial charge in [0.2, 0.25) is 11.8 Å². The van der Waals surface area contributed by atoms with Gasteiger partial charge in [-0.3, -0.25) is 14.4 Å². The number of hydrogen-bond donors (Lipinski definition) is 3. The Hall–Kier alpha value is -1.63. The number of ether oxygens (including phenoxy) is 1. The molecule has 0 aliphatic rings. The summed E-state index contributed by atoms with van der Waals surface area (Å²) in [5.74, 6) is -1.47. The predicted molar refractivity (Wildman–Crippen MR) is 65.5 cm³/mol. The van der Waals surface area contributed by atoms with Crippen molar-refractivity contribution >= 4 is 17.8 Å². The Bertz CT molecular complexity index is 305. The van der Waals surface area contributed by atoms with Gasteiger partial charge in [0.05, 0.1) is 13.2 Å². The minimum atomic E-state index is -0.713. The van der Waals surface area contributed by atoms with Crippen molar-refractivity contribution < 1.29 is 19.1 Å². The molecule has 104 valence electrons. The zero-order valence-corrected chi connectivity index (χ0v) is 11.0. The topological polar surface area (TPSA) is 111 Å². The summed E-state index contributed by atoms with van der Waals surface area (Å²) in [7, 11) is 0. The molecule has 0 spiro atoms. The lowest BCUT2D eigenvalue weighted by atomic mass is 10.0. The molecule has 0 bridgehead atoms. The van der Waals surface area contributed by atoms with Gasteiger partial charge < -0.3 is 21.1 Å².